The van der Waals surface area contributed by atoms with Gasteiger partial charge in [0.25, 0.3) is 0 Å². The van der Waals surface area contributed by atoms with Crippen LogP contribution in [0.15, 0.2) is 24.5 Å². The average Bonchev–Trinajstić information content (AvgIpc) is 2.48. The summed E-state index contributed by atoms with van der Waals surface area (Å²) < 4.78 is 10.6. The molecule has 2 rings (SSSR count). The molecule has 2 N–H and O–H groups in total. The van der Waals surface area contributed by atoms with Crippen molar-refractivity contribution in [3.05, 3.63) is 30.1 Å². The third-order valence-corrected chi connectivity index (χ3v) is 3.10. The number of methoxy groups -OCH3 is 2. The SMILES string of the molecule is CCCc1c(N)ncnc1-c1cc(OC)cc(OC)c1. The highest BCUT2D eigenvalue weighted by atomic mass is 16.5. The molecule has 1 aromatic carbocycles. The van der Waals surface area contributed by atoms with Gasteiger partial charge in [0.2, 0.25) is 0 Å². The zero-order chi connectivity index (χ0) is 14.5. The lowest BCUT2D eigenvalue weighted by Gasteiger charge is -2.12. The van der Waals surface area contributed by atoms with Gasteiger partial charge in [-0.25, -0.2) is 9.97 Å². The first-order valence-corrected chi connectivity index (χ1v) is 6.52. The largest absolute Gasteiger partial charge is 0.497 e. The van der Waals surface area contributed by atoms with E-state index in [9.17, 15) is 0 Å². The fourth-order valence-corrected chi connectivity index (χ4v) is 2.12. The van der Waals surface area contributed by atoms with Crippen molar-refractivity contribution in [2.45, 2.75) is 19.8 Å². The number of hydrogen-bond acceptors (Lipinski definition) is 5. The molecule has 2 aromatic rings. The standard InChI is InChI=1S/C15H19N3O2/c1-4-5-13-14(17-9-18-15(13)16)10-6-11(19-2)8-12(7-10)20-3/h6-9H,4-5H2,1-3H3,(H2,16,17,18). The summed E-state index contributed by atoms with van der Waals surface area (Å²) in [6.45, 7) is 2.10. The van der Waals surface area contributed by atoms with Crippen LogP contribution in [0.25, 0.3) is 11.3 Å². The number of ether oxygens (including phenoxy) is 2. The summed E-state index contributed by atoms with van der Waals surface area (Å²) in [4.78, 5) is 8.45. The molecule has 0 unspecified atom stereocenters. The van der Waals surface area contributed by atoms with E-state index in [1.807, 2.05) is 18.2 Å². The van der Waals surface area contributed by atoms with Gasteiger partial charge < -0.3 is 15.2 Å². The third-order valence-electron chi connectivity index (χ3n) is 3.10. The van der Waals surface area contributed by atoms with Crippen LogP contribution in [0.1, 0.15) is 18.9 Å². The van der Waals surface area contributed by atoms with Crippen molar-refractivity contribution in [3.63, 3.8) is 0 Å². The molecule has 0 bridgehead atoms. The Balaban J connectivity index is 2.58. The van der Waals surface area contributed by atoms with Gasteiger partial charge in [-0.05, 0) is 18.6 Å². The predicted octanol–water partition coefficient (Wildman–Crippen LogP) is 2.70. The smallest absolute Gasteiger partial charge is 0.130 e. The summed E-state index contributed by atoms with van der Waals surface area (Å²) in [6.07, 6.45) is 3.29. The number of benzene rings is 1. The molecule has 0 aliphatic rings. The van der Waals surface area contributed by atoms with E-state index in [1.54, 1.807) is 14.2 Å². The van der Waals surface area contributed by atoms with E-state index in [0.717, 1.165) is 41.2 Å². The fourth-order valence-electron chi connectivity index (χ4n) is 2.12. The lowest BCUT2D eigenvalue weighted by molar-refractivity contribution is 0.394. The van der Waals surface area contributed by atoms with E-state index in [0.29, 0.717) is 5.82 Å². The van der Waals surface area contributed by atoms with E-state index in [2.05, 4.69) is 16.9 Å². The van der Waals surface area contributed by atoms with Crippen molar-refractivity contribution < 1.29 is 9.47 Å². The van der Waals surface area contributed by atoms with Crippen molar-refractivity contribution in [1.82, 2.24) is 9.97 Å². The van der Waals surface area contributed by atoms with Crippen LogP contribution in [0.3, 0.4) is 0 Å². The van der Waals surface area contributed by atoms with Crippen molar-refractivity contribution in [1.29, 1.82) is 0 Å². The molecule has 0 saturated heterocycles. The highest BCUT2D eigenvalue weighted by Crippen LogP contribution is 2.32. The maximum absolute atomic E-state index is 5.97. The highest BCUT2D eigenvalue weighted by Gasteiger charge is 2.12. The molecule has 0 aliphatic heterocycles. The van der Waals surface area contributed by atoms with Gasteiger partial charge in [0.1, 0.15) is 23.6 Å². The molecule has 106 valence electrons. The first-order valence-electron chi connectivity index (χ1n) is 6.52. The second-order valence-electron chi connectivity index (χ2n) is 4.44. The van der Waals surface area contributed by atoms with Crippen LogP contribution in [0.2, 0.25) is 0 Å². The predicted molar refractivity (Wildman–Crippen MR) is 79.0 cm³/mol. The third kappa shape index (κ3) is 2.82. The van der Waals surface area contributed by atoms with Gasteiger partial charge in [-0.15, -0.1) is 0 Å². The summed E-state index contributed by atoms with van der Waals surface area (Å²) in [7, 11) is 3.25. The van der Waals surface area contributed by atoms with Crippen LogP contribution in [-0.2, 0) is 6.42 Å². The van der Waals surface area contributed by atoms with Gasteiger partial charge in [-0.3, -0.25) is 0 Å². The minimum atomic E-state index is 0.527. The Morgan fingerprint density at radius 2 is 1.70 bits per heavy atom. The number of aromatic nitrogens is 2. The molecule has 0 aliphatic carbocycles. The van der Waals surface area contributed by atoms with Crippen molar-refractivity contribution in [2.75, 3.05) is 20.0 Å². The van der Waals surface area contributed by atoms with E-state index in [1.165, 1.54) is 6.33 Å². The number of nitrogens with two attached hydrogens (primary N) is 1. The molecule has 0 amide bonds. The maximum atomic E-state index is 5.97. The molecule has 5 nitrogen and oxygen atoms in total. The number of anilines is 1. The van der Waals surface area contributed by atoms with Crippen LogP contribution in [0.4, 0.5) is 5.82 Å². The van der Waals surface area contributed by atoms with Gasteiger partial charge in [-0.2, -0.15) is 0 Å². The summed E-state index contributed by atoms with van der Waals surface area (Å²) in [6, 6.07) is 5.67. The monoisotopic (exact) mass is 273 g/mol. The summed E-state index contributed by atoms with van der Waals surface area (Å²) in [5, 5.41) is 0. The zero-order valence-electron chi connectivity index (χ0n) is 12.0. The van der Waals surface area contributed by atoms with Gasteiger partial charge in [-0.1, -0.05) is 13.3 Å². The van der Waals surface area contributed by atoms with E-state index in [4.69, 9.17) is 15.2 Å². The van der Waals surface area contributed by atoms with Crippen LogP contribution in [0, 0.1) is 0 Å². The van der Waals surface area contributed by atoms with E-state index >= 15 is 0 Å². The van der Waals surface area contributed by atoms with Crippen molar-refractivity contribution in [3.8, 4) is 22.8 Å². The Morgan fingerprint density at radius 1 is 1.05 bits per heavy atom. The summed E-state index contributed by atoms with van der Waals surface area (Å²) in [5.74, 6) is 1.97. The molecular formula is C15H19N3O2. The maximum Gasteiger partial charge on any atom is 0.130 e. The molecule has 0 saturated carbocycles. The molecule has 0 spiro atoms. The first-order chi connectivity index (χ1) is 9.69. The van der Waals surface area contributed by atoms with Crippen LogP contribution < -0.4 is 15.2 Å². The minimum absolute atomic E-state index is 0.527. The Bertz CT molecular complexity index is 577. The average molecular weight is 273 g/mol. The topological polar surface area (TPSA) is 70.3 Å². The minimum Gasteiger partial charge on any atom is -0.497 e. The first kappa shape index (κ1) is 14.1. The highest BCUT2D eigenvalue weighted by molar-refractivity contribution is 5.70. The van der Waals surface area contributed by atoms with E-state index in [-0.39, 0.29) is 0 Å². The lowest BCUT2D eigenvalue weighted by Crippen LogP contribution is -2.02. The van der Waals surface area contributed by atoms with E-state index < -0.39 is 0 Å². The van der Waals surface area contributed by atoms with Crippen LogP contribution in [0.5, 0.6) is 11.5 Å². The second kappa shape index (κ2) is 6.23. The molecule has 1 heterocycles. The van der Waals surface area contributed by atoms with Crippen molar-refractivity contribution in [2.24, 2.45) is 0 Å². The molecular weight excluding hydrogens is 254 g/mol. The van der Waals surface area contributed by atoms with Crippen molar-refractivity contribution >= 4 is 5.82 Å². The summed E-state index contributed by atoms with van der Waals surface area (Å²) >= 11 is 0. The van der Waals surface area contributed by atoms with Gasteiger partial charge >= 0.3 is 0 Å². The number of rotatable bonds is 5. The van der Waals surface area contributed by atoms with Crippen LogP contribution >= 0.6 is 0 Å². The second-order valence-corrected chi connectivity index (χ2v) is 4.44. The van der Waals surface area contributed by atoms with Crippen LogP contribution in [-0.4, -0.2) is 24.2 Å². The fraction of sp³-hybridized carbons (Fsp3) is 0.333. The van der Waals surface area contributed by atoms with Gasteiger partial charge in [0.15, 0.2) is 0 Å². The normalized spacial score (nSPS) is 10.3. The molecule has 5 heteroatoms. The molecule has 20 heavy (non-hydrogen) atoms. The Labute approximate surface area is 118 Å². The number of nitrogen functional groups attached to an aromatic ring is 1. The molecule has 0 atom stereocenters. The quantitative estimate of drug-likeness (QED) is 0.907. The molecule has 1 aromatic heterocycles. The summed E-state index contributed by atoms with van der Waals surface area (Å²) in [5.41, 5.74) is 8.68. The van der Waals surface area contributed by atoms with Gasteiger partial charge in [0.05, 0.1) is 19.9 Å². The van der Waals surface area contributed by atoms with Gasteiger partial charge in [0, 0.05) is 17.2 Å². The number of hydrogen-bond donors (Lipinski definition) is 1. The lowest BCUT2D eigenvalue weighted by atomic mass is 10.0. The Hall–Kier alpha value is -2.30. The Morgan fingerprint density at radius 3 is 2.25 bits per heavy atom. The number of nitrogens with zero attached hydrogens (tertiary/aromatic N) is 2. The Kier molecular flexibility index (Phi) is 4.40. The molecule has 0 fully saturated rings. The molecule has 0 radical (unpaired) electrons. The zero-order valence-corrected chi connectivity index (χ0v) is 12.0.